The van der Waals surface area contributed by atoms with E-state index in [4.69, 9.17) is 9.95 Å². The van der Waals surface area contributed by atoms with Crippen molar-refractivity contribution in [1.29, 1.82) is 5.39 Å². The van der Waals surface area contributed by atoms with Crippen LogP contribution in [0.1, 0.15) is 0 Å². The molecule has 7 heavy (non-hydrogen) atoms. The SMILES string of the molecule is N#[N+][C-]=CS(=O)O. The fraction of sp³-hybridized carbons (Fsp3) is 0. The van der Waals surface area contributed by atoms with Gasteiger partial charge in [-0.05, 0) is 0 Å². The molecule has 0 aliphatic rings. The van der Waals surface area contributed by atoms with E-state index in [0.717, 1.165) is 0 Å². The van der Waals surface area contributed by atoms with E-state index in [1.807, 2.05) is 0 Å². The van der Waals surface area contributed by atoms with Gasteiger partial charge >= 0.3 is 0 Å². The summed E-state index contributed by atoms with van der Waals surface area (Å²) in [5, 5.41) is 8.26. The Hall–Kier alpha value is -0.730. The van der Waals surface area contributed by atoms with Gasteiger partial charge in [0.2, 0.25) is 0 Å². The van der Waals surface area contributed by atoms with Gasteiger partial charge in [0.05, 0.1) is 6.20 Å². The van der Waals surface area contributed by atoms with Gasteiger partial charge in [-0.25, -0.2) is 4.21 Å². The maximum atomic E-state index is 9.58. The van der Waals surface area contributed by atoms with Gasteiger partial charge in [0, 0.05) is 0 Å². The average Bonchev–Trinajstić information content (AvgIpc) is 1.61. The Balaban J connectivity index is 3.53. The lowest BCUT2D eigenvalue weighted by molar-refractivity contribution is 0.574. The minimum Gasteiger partial charge on any atom is -0.305 e. The Morgan fingerprint density at radius 3 is 2.71 bits per heavy atom. The molecule has 0 aromatic rings. The van der Waals surface area contributed by atoms with Crippen molar-refractivity contribution in [3.63, 3.8) is 0 Å². The highest BCUT2D eigenvalue weighted by atomic mass is 32.2. The van der Waals surface area contributed by atoms with E-state index in [1.54, 1.807) is 6.20 Å². The predicted molar refractivity (Wildman–Crippen MR) is 23.7 cm³/mol. The van der Waals surface area contributed by atoms with E-state index < -0.39 is 11.1 Å². The largest absolute Gasteiger partial charge is 0.305 e. The van der Waals surface area contributed by atoms with Crippen LogP contribution in [-0.2, 0) is 11.1 Å². The minimum atomic E-state index is -2.06. The topological polar surface area (TPSA) is 65.5 Å². The molecule has 0 saturated heterocycles. The zero-order valence-corrected chi connectivity index (χ0v) is 4.05. The van der Waals surface area contributed by atoms with Crippen LogP contribution in [0.4, 0.5) is 0 Å². The highest BCUT2D eigenvalue weighted by molar-refractivity contribution is 7.82. The molecule has 0 fully saturated rings. The summed E-state index contributed by atoms with van der Waals surface area (Å²) in [7, 11) is 0. The lowest BCUT2D eigenvalue weighted by atomic mass is 11.1. The Kier molecular flexibility index (Phi) is 3.10. The fourth-order valence-electron chi connectivity index (χ4n) is 0.0687. The number of diazo groups is 1. The van der Waals surface area contributed by atoms with Crippen LogP contribution < -0.4 is 0 Å². The molecule has 0 amide bonds. The highest BCUT2D eigenvalue weighted by Crippen LogP contribution is 1.74. The molecule has 1 atom stereocenters. The van der Waals surface area contributed by atoms with E-state index in [1.165, 1.54) is 0 Å². The normalized spacial score (nSPS) is 13.7. The third-order valence-corrected chi connectivity index (χ3v) is 0.518. The average molecular weight is 118 g/mol. The number of rotatable bonds is 1. The summed E-state index contributed by atoms with van der Waals surface area (Å²) in [6.07, 6.45) is 1.75. The molecule has 0 aromatic carbocycles. The van der Waals surface area contributed by atoms with Gasteiger partial charge in [-0.2, -0.15) is 0 Å². The Bertz CT molecular complexity index is 135. The summed E-state index contributed by atoms with van der Waals surface area (Å²) in [6.45, 7) is 0. The van der Waals surface area contributed by atoms with Gasteiger partial charge in [0.25, 0.3) is 0 Å². The Morgan fingerprint density at radius 2 is 2.57 bits per heavy atom. The molecule has 0 spiro atoms. The second kappa shape index (κ2) is 3.46. The molecule has 4 nitrogen and oxygen atoms in total. The Morgan fingerprint density at radius 1 is 2.00 bits per heavy atom. The molecule has 0 aromatic heterocycles. The molecular weight excluding hydrogens is 116 g/mol. The van der Waals surface area contributed by atoms with Crippen molar-refractivity contribution < 1.29 is 8.76 Å². The molecule has 0 rings (SSSR count). The van der Waals surface area contributed by atoms with Crippen molar-refractivity contribution in [2.24, 2.45) is 0 Å². The van der Waals surface area contributed by atoms with Crippen LogP contribution in [0.2, 0.25) is 0 Å². The first kappa shape index (κ1) is 6.27. The molecule has 0 saturated carbocycles. The maximum Gasteiger partial charge on any atom is 0.179 e. The molecule has 0 bridgehead atoms. The van der Waals surface area contributed by atoms with Crippen LogP contribution in [0.25, 0.3) is 4.98 Å². The van der Waals surface area contributed by atoms with E-state index in [9.17, 15) is 4.21 Å². The second-order valence-corrected chi connectivity index (χ2v) is 1.41. The van der Waals surface area contributed by atoms with Crippen molar-refractivity contribution in [1.82, 2.24) is 0 Å². The molecule has 0 aliphatic carbocycles. The zero-order valence-electron chi connectivity index (χ0n) is 3.24. The van der Waals surface area contributed by atoms with Gasteiger partial charge in [-0.1, -0.05) is 10.4 Å². The lowest BCUT2D eigenvalue weighted by Crippen LogP contribution is -1.73. The van der Waals surface area contributed by atoms with E-state index in [-0.39, 0.29) is 0 Å². The molecule has 5 heteroatoms. The standard InChI is InChI=1S/C2H2N2O2S/c3-4-1-2-7(5)6/h2H,(H,5,6). The predicted octanol–water partition coefficient (Wildman–Crippen LogP) is 0.336. The van der Waals surface area contributed by atoms with Gasteiger partial charge < -0.3 is 4.55 Å². The quantitative estimate of drug-likeness (QED) is 0.306. The van der Waals surface area contributed by atoms with Crippen molar-refractivity contribution in [3.05, 3.63) is 16.6 Å². The van der Waals surface area contributed by atoms with Crippen molar-refractivity contribution in [2.45, 2.75) is 0 Å². The summed E-state index contributed by atoms with van der Waals surface area (Å²) in [6, 6.07) is 0. The summed E-state index contributed by atoms with van der Waals surface area (Å²) in [5.41, 5.74) is 0. The van der Waals surface area contributed by atoms with Crippen LogP contribution in [-0.4, -0.2) is 8.76 Å². The Labute approximate surface area is 42.8 Å². The molecular formula is C2H2N2O2S. The monoisotopic (exact) mass is 118 g/mol. The van der Waals surface area contributed by atoms with E-state index in [0.29, 0.717) is 5.41 Å². The molecule has 0 radical (unpaired) electrons. The second-order valence-electron chi connectivity index (χ2n) is 0.623. The molecule has 0 heterocycles. The summed E-state index contributed by atoms with van der Waals surface area (Å²) >= 11 is -2.06. The number of hydrogen-bond donors (Lipinski definition) is 1. The number of hydrogen-bond acceptors (Lipinski definition) is 2. The van der Waals surface area contributed by atoms with Crippen molar-refractivity contribution >= 4 is 11.1 Å². The lowest BCUT2D eigenvalue weighted by Gasteiger charge is -1.72. The maximum absolute atomic E-state index is 9.58. The van der Waals surface area contributed by atoms with Crippen LogP contribution >= 0.6 is 0 Å². The molecule has 38 valence electrons. The van der Waals surface area contributed by atoms with Crippen LogP contribution in [0, 0.1) is 11.6 Å². The van der Waals surface area contributed by atoms with Crippen LogP contribution in [0.15, 0.2) is 5.41 Å². The van der Waals surface area contributed by atoms with Gasteiger partial charge in [-0.15, -0.1) is 0 Å². The smallest absolute Gasteiger partial charge is 0.179 e. The minimum absolute atomic E-state index is 0.708. The summed E-state index contributed by atoms with van der Waals surface area (Å²) in [4.78, 5) is 2.32. The van der Waals surface area contributed by atoms with Crippen LogP contribution in [0.5, 0.6) is 0 Å². The molecule has 1 N–H and O–H groups in total. The van der Waals surface area contributed by atoms with E-state index in [2.05, 4.69) is 4.98 Å². The highest BCUT2D eigenvalue weighted by Gasteiger charge is 1.70. The fourth-order valence-corrected chi connectivity index (χ4v) is 0.206. The first-order valence-electron chi connectivity index (χ1n) is 1.30. The third-order valence-electron chi connectivity index (χ3n) is 0.211. The van der Waals surface area contributed by atoms with Crippen molar-refractivity contribution in [2.75, 3.05) is 0 Å². The molecule has 0 aliphatic heterocycles. The van der Waals surface area contributed by atoms with Crippen molar-refractivity contribution in [3.8, 4) is 0 Å². The van der Waals surface area contributed by atoms with Gasteiger partial charge in [0.15, 0.2) is 5.39 Å². The first-order valence-corrected chi connectivity index (χ1v) is 2.47. The first-order chi connectivity index (χ1) is 3.27. The third kappa shape index (κ3) is 5.27. The molecule has 1 unspecified atom stereocenters. The summed E-state index contributed by atoms with van der Waals surface area (Å²) < 4.78 is 17.4. The number of nitrogens with zero attached hydrogens (tertiary/aromatic N) is 2. The zero-order chi connectivity index (χ0) is 5.70. The van der Waals surface area contributed by atoms with Gasteiger partial charge in [-0.3, -0.25) is 0 Å². The van der Waals surface area contributed by atoms with E-state index >= 15 is 0 Å². The van der Waals surface area contributed by atoms with Crippen LogP contribution in [0.3, 0.4) is 0 Å². The van der Waals surface area contributed by atoms with Gasteiger partial charge in [0.1, 0.15) is 11.1 Å². The summed E-state index contributed by atoms with van der Waals surface area (Å²) in [5.74, 6) is 0.